The smallest absolute Gasteiger partial charge is 0.147 e. The van der Waals surface area contributed by atoms with E-state index in [0.29, 0.717) is 17.4 Å². The zero-order chi connectivity index (χ0) is 14.7. The molecule has 1 aromatic heterocycles. The van der Waals surface area contributed by atoms with Crippen molar-refractivity contribution in [1.29, 1.82) is 0 Å². The van der Waals surface area contributed by atoms with E-state index in [9.17, 15) is 0 Å². The number of hydrogen-bond acceptors (Lipinski definition) is 3. The maximum absolute atomic E-state index is 6.17. The highest BCUT2D eigenvalue weighted by Crippen LogP contribution is 2.29. The molecule has 0 aliphatic heterocycles. The van der Waals surface area contributed by atoms with Gasteiger partial charge in [-0.15, -0.1) is 0 Å². The van der Waals surface area contributed by atoms with E-state index < -0.39 is 0 Å². The molecule has 0 radical (unpaired) electrons. The Morgan fingerprint density at radius 1 is 1.25 bits per heavy atom. The van der Waals surface area contributed by atoms with E-state index in [1.807, 2.05) is 24.3 Å². The Morgan fingerprint density at radius 2 is 1.95 bits per heavy atom. The van der Waals surface area contributed by atoms with E-state index in [2.05, 4.69) is 39.7 Å². The highest BCUT2D eigenvalue weighted by atomic mass is 79.9. The van der Waals surface area contributed by atoms with Gasteiger partial charge in [-0.1, -0.05) is 43.6 Å². The second-order valence-corrected chi connectivity index (χ2v) is 5.92. The van der Waals surface area contributed by atoms with Crippen LogP contribution < -0.4 is 4.74 Å². The van der Waals surface area contributed by atoms with Crippen molar-refractivity contribution in [3.8, 4) is 5.75 Å². The molecule has 1 aromatic carbocycles. The summed E-state index contributed by atoms with van der Waals surface area (Å²) in [6, 6.07) is 7.85. The third-order valence-electron chi connectivity index (χ3n) is 2.97. The number of benzene rings is 1. The summed E-state index contributed by atoms with van der Waals surface area (Å²) in [5, 5.41) is 0.452. The van der Waals surface area contributed by atoms with Gasteiger partial charge in [0.25, 0.3) is 0 Å². The summed E-state index contributed by atoms with van der Waals surface area (Å²) < 4.78 is 6.13. The normalized spacial score (nSPS) is 10.9. The quantitative estimate of drug-likeness (QED) is 0.751. The molecule has 106 valence electrons. The van der Waals surface area contributed by atoms with Gasteiger partial charge in [0, 0.05) is 12.0 Å². The SMILES string of the molecule is COc1ccccc1Cc1nc(Cl)c(Br)c(C(C)C)n1. The van der Waals surface area contributed by atoms with Crippen LogP contribution in [0.4, 0.5) is 0 Å². The predicted octanol–water partition coefficient (Wildman–Crippen LogP) is 4.62. The minimum Gasteiger partial charge on any atom is -0.496 e. The Labute approximate surface area is 132 Å². The van der Waals surface area contributed by atoms with Gasteiger partial charge in [0.1, 0.15) is 16.7 Å². The average molecular weight is 356 g/mol. The molecule has 0 fully saturated rings. The van der Waals surface area contributed by atoms with Crippen LogP contribution in [-0.2, 0) is 6.42 Å². The van der Waals surface area contributed by atoms with Crippen LogP contribution in [-0.4, -0.2) is 17.1 Å². The Bertz CT molecular complexity index is 617. The van der Waals surface area contributed by atoms with Crippen LogP contribution in [0.3, 0.4) is 0 Å². The Morgan fingerprint density at radius 3 is 2.60 bits per heavy atom. The van der Waals surface area contributed by atoms with Crippen molar-refractivity contribution in [3.63, 3.8) is 0 Å². The van der Waals surface area contributed by atoms with E-state index in [1.54, 1.807) is 7.11 Å². The third kappa shape index (κ3) is 3.30. The Kier molecular flexibility index (Phi) is 5.00. The van der Waals surface area contributed by atoms with Gasteiger partial charge in [-0.05, 0) is 27.9 Å². The molecule has 2 rings (SSSR count). The fraction of sp³-hybridized carbons (Fsp3) is 0.333. The highest BCUT2D eigenvalue weighted by Gasteiger charge is 2.14. The van der Waals surface area contributed by atoms with Crippen molar-refractivity contribution in [2.24, 2.45) is 0 Å². The van der Waals surface area contributed by atoms with Crippen molar-refractivity contribution >= 4 is 27.5 Å². The monoisotopic (exact) mass is 354 g/mol. The summed E-state index contributed by atoms with van der Waals surface area (Å²) in [4.78, 5) is 8.94. The van der Waals surface area contributed by atoms with Crippen LogP contribution in [0.15, 0.2) is 28.7 Å². The lowest BCUT2D eigenvalue weighted by Crippen LogP contribution is -2.05. The number of rotatable bonds is 4. The van der Waals surface area contributed by atoms with Crippen LogP contribution in [0.5, 0.6) is 5.75 Å². The summed E-state index contributed by atoms with van der Waals surface area (Å²) in [7, 11) is 1.66. The molecule has 0 atom stereocenters. The third-order valence-corrected chi connectivity index (χ3v) is 4.25. The fourth-order valence-electron chi connectivity index (χ4n) is 1.96. The number of para-hydroxylation sites is 1. The van der Waals surface area contributed by atoms with Crippen LogP contribution in [0.1, 0.15) is 36.8 Å². The van der Waals surface area contributed by atoms with Gasteiger partial charge in [0.2, 0.25) is 0 Å². The molecule has 1 heterocycles. The number of ether oxygens (including phenoxy) is 1. The molecule has 20 heavy (non-hydrogen) atoms. The molecule has 0 unspecified atom stereocenters. The molecule has 0 saturated carbocycles. The second-order valence-electron chi connectivity index (χ2n) is 4.77. The maximum atomic E-state index is 6.17. The molecular formula is C15H16BrClN2O. The average Bonchev–Trinajstić information content (AvgIpc) is 2.43. The van der Waals surface area contributed by atoms with Gasteiger partial charge in [-0.2, -0.15) is 0 Å². The van der Waals surface area contributed by atoms with E-state index in [0.717, 1.165) is 21.5 Å². The lowest BCUT2D eigenvalue weighted by Gasteiger charge is -2.12. The number of halogens is 2. The topological polar surface area (TPSA) is 35.0 Å². The standard InChI is InChI=1S/C15H16BrClN2O/c1-9(2)14-13(16)15(17)19-12(18-14)8-10-6-4-5-7-11(10)20-3/h4-7,9H,8H2,1-3H3. The molecule has 0 aliphatic carbocycles. The van der Waals surface area contributed by atoms with Gasteiger partial charge < -0.3 is 4.74 Å². The molecular weight excluding hydrogens is 340 g/mol. The summed E-state index contributed by atoms with van der Waals surface area (Å²) in [6.45, 7) is 4.16. The minimum atomic E-state index is 0.279. The zero-order valence-electron chi connectivity index (χ0n) is 11.7. The minimum absolute atomic E-state index is 0.279. The number of aromatic nitrogens is 2. The summed E-state index contributed by atoms with van der Waals surface area (Å²) >= 11 is 9.62. The fourth-order valence-corrected chi connectivity index (χ4v) is 2.79. The van der Waals surface area contributed by atoms with Gasteiger partial charge in [0.05, 0.1) is 17.3 Å². The van der Waals surface area contributed by atoms with Crippen LogP contribution in [0.2, 0.25) is 5.15 Å². The highest BCUT2D eigenvalue weighted by molar-refractivity contribution is 9.10. The maximum Gasteiger partial charge on any atom is 0.147 e. The molecule has 5 heteroatoms. The van der Waals surface area contributed by atoms with Gasteiger partial charge >= 0.3 is 0 Å². The first-order chi connectivity index (χ1) is 9.52. The van der Waals surface area contributed by atoms with Crippen molar-refractivity contribution < 1.29 is 4.74 Å². The molecule has 0 aliphatic rings. The first-order valence-corrected chi connectivity index (χ1v) is 7.53. The van der Waals surface area contributed by atoms with Crippen LogP contribution >= 0.6 is 27.5 Å². The molecule has 0 saturated heterocycles. The lowest BCUT2D eigenvalue weighted by molar-refractivity contribution is 0.410. The second kappa shape index (κ2) is 6.55. The van der Waals surface area contributed by atoms with Gasteiger partial charge in [-0.3, -0.25) is 0 Å². The van der Waals surface area contributed by atoms with Gasteiger partial charge in [0.15, 0.2) is 0 Å². The molecule has 0 amide bonds. The predicted molar refractivity (Wildman–Crippen MR) is 84.6 cm³/mol. The number of hydrogen-bond donors (Lipinski definition) is 0. The molecule has 0 spiro atoms. The molecule has 2 aromatic rings. The summed E-state index contributed by atoms with van der Waals surface area (Å²) in [6.07, 6.45) is 0.594. The Balaban J connectivity index is 2.39. The van der Waals surface area contributed by atoms with Crippen LogP contribution in [0.25, 0.3) is 0 Å². The van der Waals surface area contributed by atoms with Crippen molar-refractivity contribution in [2.75, 3.05) is 7.11 Å². The summed E-state index contributed by atoms with van der Waals surface area (Å²) in [5.41, 5.74) is 1.97. The molecule has 0 bridgehead atoms. The van der Waals surface area contributed by atoms with Crippen LogP contribution in [0, 0.1) is 0 Å². The number of nitrogens with zero attached hydrogens (tertiary/aromatic N) is 2. The first-order valence-electron chi connectivity index (χ1n) is 6.36. The van der Waals surface area contributed by atoms with Crippen molar-refractivity contribution in [3.05, 3.63) is 51.0 Å². The zero-order valence-corrected chi connectivity index (χ0v) is 14.0. The summed E-state index contributed by atoms with van der Waals surface area (Å²) in [5.74, 6) is 1.81. The first kappa shape index (κ1) is 15.3. The largest absolute Gasteiger partial charge is 0.496 e. The van der Waals surface area contributed by atoms with Crippen molar-refractivity contribution in [2.45, 2.75) is 26.2 Å². The van der Waals surface area contributed by atoms with E-state index >= 15 is 0 Å². The van der Waals surface area contributed by atoms with E-state index in [1.165, 1.54) is 0 Å². The number of methoxy groups -OCH3 is 1. The van der Waals surface area contributed by atoms with Gasteiger partial charge in [-0.25, -0.2) is 9.97 Å². The molecule has 3 nitrogen and oxygen atoms in total. The van der Waals surface area contributed by atoms with Crippen molar-refractivity contribution in [1.82, 2.24) is 9.97 Å². The Hall–Kier alpha value is -1.13. The van der Waals surface area contributed by atoms with E-state index in [-0.39, 0.29) is 5.92 Å². The van der Waals surface area contributed by atoms with E-state index in [4.69, 9.17) is 16.3 Å². The lowest BCUT2D eigenvalue weighted by atomic mass is 10.1. The molecule has 0 N–H and O–H groups in total.